The van der Waals surface area contributed by atoms with Crippen LogP contribution in [0.15, 0.2) is 65.1 Å². The highest BCUT2D eigenvalue weighted by molar-refractivity contribution is 7.98. The molecule has 4 aromatic rings. The van der Waals surface area contributed by atoms with Crippen LogP contribution in [0.1, 0.15) is 16.3 Å². The molecule has 1 N–H and O–H groups in total. The van der Waals surface area contributed by atoms with Crippen molar-refractivity contribution in [2.45, 2.75) is 24.3 Å². The summed E-state index contributed by atoms with van der Waals surface area (Å²) in [5.74, 6) is 0.559. The molecule has 0 spiro atoms. The van der Waals surface area contributed by atoms with Crippen LogP contribution < -0.4 is 5.32 Å². The van der Waals surface area contributed by atoms with Crippen LogP contribution >= 0.6 is 23.1 Å². The number of tetrazole rings is 1. The summed E-state index contributed by atoms with van der Waals surface area (Å²) in [6.07, 6.45) is 0.255. The van der Waals surface area contributed by atoms with Gasteiger partial charge in [0.2, 0.25) is 11.1 Å². The molecule has 7 nitrogen and oxygen atoms in total. The maximum Gasteiger partial charge on any atom is 0.231 e. The zero-order valence-electron chi connectivity index (χ0n) is 15.6. The predicted octanol–water partition coefficient (Wildman–Crippen LogP) is 3.90. The van der Waals surface area contributed by atoms with Gasteiger partial charge in [0.15, 0.2) is 0 Å². The van der Waals surface area contributed by atoms with E-state index in [2.05, 4.69) is 25.8 Å². The van der Waals surface area contributed by atoms with Crippen molar-refractivity contribution in [3.8, 4) is 5.69 Å². The predicted molar refractivity (Wildman–Crippen MR) is 114 cm³/mol. The second-order valence-electron chi connectivity index (χ2n) is 6.27. The second-order valence-corrected chi connectivity index (χ2v) is 8.16. The van der Waals surface area contributed by atoms with Gasteiger partial charge in [0.25, 0.3) is 0 Å². The molecular weight excluding hydrogens is 404 g/mol. The first-order chi connectivity index (χ1) is 14.2. The number of thiazole rings is 1. The molecule has 0 aliphatic rings. The number of carbonyl (C=O) groups is 1. The largest absolute Gasteiger partial charge is 0.325 e. The Morgan fingerprint density at radius 2 is 1.93 bits per heavy atom. The van der Waals surface area contributed by atoms with Gasteiger partial charge in [0.05, 0.1) is 17.8 Å². The molecule has 0 saturated carbocycles. The van der Waals surface area contributed by atoms with E-state index in [-0.39, 0.29) is 12.3 Å². The zero-order valence-corrected chi connectivity index (χ0v) is 17.3. The van der Waals surface area contributed by atoms with E-state index >= 15 is 0 Å². The number of carbonyl (C=O) groups excluding carboxylic acids is 1. The number of para-hydroxylation sites is 2. The fourth-order valence-corrected chi connectivity index (χ4v) is 4.36. The Hall–Kier alpha value is -3.04. The number of hydrogen-bond donors (Lipinski definition) is 1. The van der Waals surface area contributed by atoms with Crippen molar-refractivity contribution >= 4 is 34.7 Å². The minimum Gasteiger partial charge on any atom is -0.325 e. The third kappa shape index (κ3) is 4.87. The van der Waals surface area contributed by atoms with Crippen LogP contribution in [0.5, 0.6) is 0 Å². The summed E-state index contributed by atoms with van der Waals surface area (Å²) in [5.41, 5.74) is 3.68. The minimum absolute atomic E-state index is 0.0686. The SMILES string of the molecule is Cc1ccccc1NC(=O)Cc1nc(CSc2nnnn2-c2ccccc2)cs1. The van der Waals surface area contributed by atoms with Crippen LogP contribution in [-0.2, 0) is 17.0 Å². The lowest BCUT2D eigenvalue weighted by Gasteiger charge is -2.06. The Morgan fingerprint density at radius 1 is 1.14 bits per heavy atom. The number of aryl methyl sites for hydroxylation is 1. The third-order valence-electron chi connectivity index (χ3n) is 4.12. The van der Waals surface area contributed by atoms with Gasteiger partial charge in [0, 0.05) is 16.8 Å². The van der Waals surface area contributed by atoms with E-state index in [4.69, 9.17) is 0 Å². The number of nitrogens with one attached hydrogen (secondary N) is 1. The molecule has 0 saturated heterocycles. The van der Waals surface area contributed by atoms with Crippen molar-refractivity contribution in [1.82, 2.24) is 25.2 Å². The van der Waals surface area contributed by atoms with Gasteiger partial charge in [-0.15, -0.1) is 16.4 Å². The van der Waals surface area contributed by atoms with Crippen molar-refractivity contribution in [2.75, 3.05) is 5.32 Å². The van der Waals surface area contributed by atoms with Gasteiger partial charge in [-0.2, -0.15) is 4.68 Å². The first kappa shape index (κ1) is 19.3. The van der Waals surface area contributed by atoms with Crippen LogP contribution in [0, 0.1) is 6.92 Å². The quantitative estimate of drug-likeness (QED) is 0.455. The maximum absolute atomic E-state index is 12.3. The summed E-state index contributed by atoms with van der Waals surface area (Å²) in [4.78, 5) is 16.9. The van der Waals surface area contributed by atoms with E-state index in [1.165, 1.54) is 23.1 Å². The van der Waals surface area contributed by atoms with E-state index < -0.39 is 0 Å². The molecule has 0 radical (unpaired) electrons. The molecule has 0 aliphatic heterocycles. The molecule has 0 unspecified atom stereocenters. The van der Waals surface area contributed by atoms with E-state index in [0.29, 0.717) is 10.9 Å². The Morgan fingerprint density at radius 3 is 2.76 bits per heavy atom. The summed E-state index contributed by atoms with van der Waals surface area (Å²) in [6, 6.07) is 17.5. The van der Waals surface area contributed by atoms with Gasteiger partial charge < -0.3 is 5.32 Å². The van der Waals surface area contributed by atoms with E-state index in [1.54, 1.807) is 4.68 Å². The summed E-state index contributed by atoms with van der Waals surface area (Å²) in [5, 5.41) is 18.3. The van der Waals surface area contributed by atoms with Gasteiger partial charge in [-0.1, -0.05) is 48.2 Å². The minimum atomic E-state index is -0.0686. The molecule has 1 amide bonds. The Bertz CT molecular complexity index is 1110. The number of thioether (sulfide) groups is 1. The van der Waals surface area contributed by atoms with Gasteiger partial charge in [0.1, 0.15) is 5.01 Å². The molecule has 0 atom stereocenters. The Kier molecular flexibility index (Phi) is 5.97. The highest BCUT2D eigenvalue weighted by Crippen LogP contribution is 2.23. The van der Waals surface area contributed by atoms with Crippen molar-refractivity contribution in [3.05, 3.63) is 76.2 Å². The number of amides is 1. The molecule has 2 heterocycles. The second kappa shape index (κ2) is 8.97. The lowest BCUT2D eigenvalue weighted by molar-refractivity contribution is -0.115. The van der Waals surface area contributed by atoms with Crippen LogP contribution in [-0.4, -0.2) is 31.1 Å². The van der Waals surface area contributed by atoms with Gasteiger partial charge >= 0.3 is 0 Å². The van der Waals surface area contributed by atoms with Crippen LogP contribution in [0.25, 0.3) is 5.69 Å². The topological polar surface area (TPSA) is 85.6 Å². The number of aromatic nitrogens is 5. The molecule has 0 fully saturated rings. The molecule has 2 aromatic carbocycles. The fraction of sp³-hybridized carbons (Fsp3) is 0.150. The van der Waals surface area contributed by atoms with Crippen LogP contribution in [0.2, 0.25) is 0 Å². The molecule has 146 valence electrons. The number of hydrogen-bond acceptors (Lipinski definition) is 7. The van der Waals surface area contributed by atoms with Gasteiger partial charge in [-0.05, 0) is 41.1 Å². The number of nitrogens with zero attached hydrogens (tertiary/aromatic N) is 5. The fourth-order valence-electron chi connectivity index (χ4n) is 2.68. The first-order valence-electron chi connectivity index (χ1n) is 8.94. The number of rotatable bonds is 7. The van der Waals surface area contributed by atoms with Crippen LogP contribution in [0.4, 0.5) is 5.69 Å². The van der Waals surface area contributed by atoms with Crippen molar-refractivity contribution in [1.29, 1.82) is 0 Å². The molecule has 29 heavy (non-hydrogen) atoms. The molecule has 2 aromatic heterocycles. The van der Waals surface area contributed by atoms with E-state index in [0.717, 1.165) is 27.6 Å². The van der Waals surface area contributed by atoms with E-state index in [1.807, 2.05) is 66.9 Å². The third-order valence-corrected chi connectivity index (χ3v) is 5.97. The van der Waals surface area contributed by atoms with Crippen molar-refractivity contribution in [3.63, 3.8) is 0 Å². The molecular formula is C20H18N6OS2. The summed E-state index contributed by atoms with van der Waals surface area (Å²) in [7, 11) is 0. The van der Waals surface area contributed by atoms with E-state index in [9.17, 15) is 4.79 Å². The van der Waals surface area contributed by atoms with Crippen molar-refractivity contribution < 1.29 is 4.79 Å². The highest BCUT2D eigenvalue weighted by atomic mass is 32.2. The van der Waals surface area contributed by atoms with Gasteiger partial charge in [-0.3, -0.25) is 4.79 Å². The standard InChI is InChI=1S/C20H18N6OS2/c1-14-7-5-6-10-17(14)22-18(27)11-19-21-15(12-28-19)13-29-20-23-24-25-26(20)16-8-3-2-4-9-16/h2-10,12H,11,13H2,1H3,(H,22,27). The molecule has 0 aliphatic carbocycles. The summed E-state index contributed by atoms with van der Waals surface area (Å²) in [6.45, 7) is 1.97. The lowest BCUT2D eigenvalue weighted by Crippen LogP contribution is -2.15. The molecule has 4 rings (SSSR count). The number of benzene rings is 2. The van der Waals surface area contributed by atoms with Crippen molar-refractivity contribution in [2.24, 2.45) is 0 Å². The lowest BCUT2D eigenvalue weighted by atomic mass is 10.2. The normalized spacial score (nSPS) is 10.8. The molecule has 0 bridgehead atoms. The van der Waals surface area contributed by atoms with Gasteiger partial charge in [-0.25, -0.2) is 4.98 Å². The highest BCUT2D eigenvalue weighted by Gasteiger charge is 2.12. The average Bonchev–Trinajstić information content (AvgIpc) is 3.38. The smallest absolute Gasteiger partial charge is 0.231 e. The van der Waals surface area contributed by atoms with Crippen LogP contribution in [0.3, 0.4) is 0 Å². The molecule has 9 heteroatoms. The summed E-state index contributed by atoms with van der Waals surface area (Å²) >= 11 is 3.00. The average molecular weight is 423 g/mol. The Balaban J connectivity index is 1.35. The summed E-state index contributed by atoms with van der Waals surface area (Å²) < 4.78 is 1.70. The monoisotopic (exact) mass is 422 g/mol. The Labute approximate surface area is 176 Å². The zero-order chi connectivity index (χ0) is 20.1. The maximum atomic E-state index is 12.3. The number of anilines is 1. The first-order valence-corrected chi connectivity index (χ1v) is 10.8.